The van der Waals surface area contributed by atoms with Crippen LogP contribution in [0.3, 0.4) is 0 Å². The van der Waals surface area contributed by atoms with Gasteiger partial charge < -0.3 is 5.11 Å². The van der Waals surface area contributed by atoms with Crippen LogP contribution in [0.5, 0.6) is 0 Å². The first-order chi connectivity index (χ1) is 7.11. The molecule has 1 N–H and O–H groups in total. The molecule has 0 saturated carbocycles. The number of carboxylic acid groups (broad SMARTS) is 1. The van der Waals surface area contributed by atoms with E-state index < -0.39 is 5.97 Å². The van der Waals surface area contributed by atoms with Gasteiger partial charge in [0.1, 0.15) is 0 Å². The van der Waals surface area contributed by atoms with Crippen LogP contribution in [0.15, 0.2) is 37.5 Å². The average molecular weight is 246 g/mol. The summed E-state index contributed by atoms with van der Waals surface area (Å²) in [6.07, 6.45) is 4.98. The van der Waals surface area contributed by atoms with Gasteiger partial charge in [-0.3, -0.25) is 4.90 Å². The van der Waals surface area contributed by atoms with Crippen molar-refractivity contribution >= 4 is 18.4 Å². The van der Waals surface area contributed by atoms with E-state index in [1.165, 1.54) is 0 Å². The summed E-state index contributed by atoms with van der Waals surface area (Å²) in [6, 6.07) is 0. The van der Waals surface area contributed by atoms with Gasteiger partial charge in [-0.25, -0.2) is 4.79 Å². The summed E-state index contributed by atoms with van der Waals surface area (Å²) in [7, 11) is 0. The normalized spacial score (nSPS) is 9.31. The van der Waals surface area contributed by atoms with Crippen LogP contribution in [0.1, 0.15) is 12.8 Å². The number of halogens is 1. The standard InChI is InChI=1S/C12H19NO2.ClH/c1-4-8-13(9-5-2)10-6-7-11(3)12(14)15;/h4-5H,1-3,6-10H2,(H,14,15);1H. The van der Waals surface area contributed by atoms with Crippen molar-refractivity contribution in [3.8, 4) is 0 Å². The SMILES string of the molecule is C=CCN(CC=C)CCCC(=C)C(=O)O.Cl. The van der Waals surface area contributed by atoms with Crippen molar-refractivity contribution in [3.05, 3.63) is 37.5 Å². The first kappa shape index (κ1) is 17.3. The Morgan fingerprint density at radius 3 is 2.12 bits per heavy atom. The average Bonchev–Trinajstić information content (AvgIpc) is 2.18. The third-order valence-corrected chi connectivity index (χ3v) is 2.03. The largest absolute Gasteiger partial charge is 0.478 e. The minimum absolute atomic E-state index is 0. The quantitative estimate of drug-likeness (QED) is 0.501. The number of nitrogens with zero attached hydrogens (tertiary/aromatic N) is 1. The first-order valence-corrected chi connectivity index (χ1v) is 4.97. The summed E-state index contributed by atoms with van der Waals surface area (Å²) in [5.41, 5.74) is 0.271. The van der Waals surface area contributed by atoms with Gasteiger partial charge in [-0.2, -0.15) is 0 Å². The molecule has 0 aromatic heterocycles. The fourth-order valence-corrected chi connectivity index (χ4v) is 1.25. The number of hydrogen-bond acceptors (Lipinski definition) is 2. The lowest BCUT2D eigenvalue weighted by Gasteiger charge is -2.18. The summed E-state index contributed by atoms with van der Waals surface area (Å²) < 4.78 is 0. The van der Waals surface area contributed by atoms with Gasteiger partial charge in [-0.05, 0) is 19.4 Å². The zero-order valence-electron chi connectivity index (χ0n) is 9.52. The maximum Gasteiger partial charge on any atom is 0.330 e. The Balaban J connectivity index is 0. The number of rotatable bonds is 9. The summed E-state index contributed by atoms with van der Waals surface area (Å²) in [5.74, 6) is -0.908. The van der Waals surface area contributed by atoms with Crippen LogP contribution in [-0.2, 0) is 4.79 Å². The molecule has 0 heterocycles. The Morgan fingerprint density at radius 2 is 1.75 bits per heavy atom. The molecule has 4 heteroatoms. The van der Waals surface area contributed by atoms with E-state index in [2.05, 4.69) is 24.6 Å². The van der Waals surface area contributed by atoms with Crippen LogP contribution in [0.2, 0.25) is 0 Å². The molecule has 92 valence electrons. The Morgan fingerprint density at radius 1 is 1.25 bits per heavy atom. The van der Waals surface area contributed by atoms with Crippen molar-refractivity contribution in [2.45, 2.75) is 12.8 Å². The first-order valence-electron chi connectivity index (χ1n) is 4.97. The molecule has 3 nitrogen and oxygen atoms in total. The fourth-order valence-electron chi connectivity index (χ4n) is 1.25. The van der Waals surface area contributed by atoms with Gasteiger partial charge in [-0.15, -0.1) is 25.6 Å². The van der Waals surface area contributed by atoms with Gasteiger partial charge in [0.05, 0.1) is 0 Å². The zero-order chi connectivity index (χ0) is 11.7. The van der Waals surface area contributed by atoms with Crippen molar-refractivity contribution in [2.75, 3.05) is 19.6 Å². The molecular weight excluding hydrogens is 226 g/mol. The van der Waals surface area contributed by atoms with Crippen LogP contribution >= 0.6 is 12.4 Å². The van der Waals surface area contributed by atoms with E-state index in [4.69, 9.17) is 5.11 Å². The topological polar surface area (TPSA) is 40.5 Å². The maximum absolute atomic E-state index is 10.5. The molecule has 0 aliphatic heterocycles. The van der Waals surface area contributed by atoms with E-state index in [1.807, 2.05) is 12.2 Å². The van der Waals surface area contributed by atoms with Crippen molar-refractivity contribution in [1.29, 1.82) is 0 Å². The third kappa shape index (κ3) is 8.26. The molecule has 0 rings (SSSR count). The number of carboxylic acids is 1. The smallest absolute Gasteiger partial charge is 0.330 e. The molecule has 0 aliphatic carbocycles. The van der Waals surface area contributed by atoms with Crippen molar-refractivity contribution < 1.29 is 9.90 Å². The summed E-state index contributed by atoms with van der Waals surface area (Å²) >= 11 is 0. The molecule has 0 aliphatic rings. The van der Waals surface area contributed by atoms with E-state index >= 15 is 0 Å². The molecule has 0 saturated heterocycles. The molecule has 0 atom stereocenters. The monoisotopic (exact) mass is 245 g/mol. The Labute approximate surface area is 104 Å². The fraction of sp³-hybridized carbons (Fsp3) is 0.417. The molecule has 0 spiro atoms. The Bertz CT molecular complexity index is 241. The zero-order valence-corrected chi connectivity index (χ0v) is 10.3. The van der Waals surface area contributed by atoms with Crippen LogP contribution in [0, 0.1) is 0 Å². The molecule has 0 amide bonds. The van der Waals surface area contributed by atoms with Crippen LogP contribution in [-0.4, -0.2) is 35.6 Å². The molecule has 0 fully saturated rings. The highest BCUT2D eigenvalue weighted by Crippen LogP contribution is 2.04. The van der Waals surface area contributed by atoms with Gasteiger partial charge in [0, 0.05) is 18.7 Å². The van der Waals surface area contributed by atoms with Gasteiger partial charge >= 0.3 is 5.97 Å². The van der Waals surface area contributed by atoms with Gasteiger partial charge in [-0.1, -0.05) is 18.7 Å². The van der Waals surface area contributed by atoms with Crippen LogP contribution in [0.4, 0.5) is 0 Å². The highest BCUT2D eigenvalue weighted by Gasteiger charge is 2.05. The molecule has 0 aromatic rings. The number of hydrogen-bond donors (Lipinski definition) is 1. The van der Waals surface area contributed by atoms with Gasteiger partial charge in [0.25, 0.3) is 0 Å². The van der Waals surface area contributed by atoms with Crippen LogP contribution < -0.4 is 0 Å². The molecule has 0 radical (unpaired) electrons. The Kier molecular flexibility index (Phi) is 11.3. The third-order valence-electron chi connectivity index (χ3n) is 2.03. The summed E-state index contributed by atoms with van der Waals surface area (Å²) in [4.78, 5) is 12.6. The minimum Gasteiger partial charge on any atom is -0.478 e. The van der Waals surface area contributed by atoms with Crippen LogP contribution in [0.25, 0.3) is 0 Å². The predicted octanol–water partition coefficient (Wildman–Crippen LogP) is 2.50. The lowest BCUT2D eigenvalue weighted by Crippen LogP contribution is -2.25. The number of carbonyl (C=O) groups is 1. The van der Waals surface area contributed by atoms with E-state index in [9.17, 15) is 4.79 Å². The summed E-state index contributed by atoms with van der Waals surface area (Å²) in [6.45, 7) is 13.2. The van der Waals surface area contributed by atoms with Crippen molar-refractivity contribution in [2.24, 2.45) is 0 Å². The van der Waals surface area contributed by atoms with Crippen molar-refractivity contribution in [1.82, 2.24) is 4.90 Å². The molecule has 16 heavy (non-hydrogen) atoms. The second kappa shape index (κ2) is 10.5. The minimum atomic E-state index is -0.908. The van der Waals surface area contributed by atoms with E-state index in [1.54, 1.807) is 0 Å². The van der Waals surface area contributed by atoms with Gasteiger partial charge in [0.15, 0.2) is 0 Å². The van der Waals surface area contributed by atoms with E-state index in [-0.39, 0.29) is 18.0 Å². The molecule has 0 aromatic carbocycles. The number of aliphatic carboxylic acids is 1. The Hall–Kier alpha value is -1.06. The lowest BCUT2D eigenvalue weighted by atomic mass is 10.1. The maximum atomic E-state index is 10.5. The summed E-state index contributed by atoms with van der Waals surface area (Å²) in [5, 5.41) is 8.61. The van der Waals surface area contributed by atoms with Crippen molar-refractivity contribution in [3.63, 3.8) is 0 Å². The molecular formula is C12H20ClNO2. The molecule has 0 bridgehead atoms. The highest BCUT2D eigenvalue weighted by atomic mass is 35.5. The highest BCUT2D eigenvalue weighted by molar-refractivity contribution is 5.85. The lowest BCUT2D eigenvalue weighted by molar-refractivity contribution is -0.132. The molecule has 0 unspecified atom stereocenters. The van der Waals surface area contributed by atoms with E-state index in [0.717, 1.165) is 26.1 Å². The van der Waals surface area contributed by atoms with E-state index in [0.29, 0.717) is 6.42 Å². The van der Waals surface area contributed by atoms with Gasteiger partial charge in [0.2, 0.25) is 0 Å². The second-order valence-corrected chi connectivity index (χ2v) is 3.35. The predicted molar refractivity (Wildman–Crippen MR) is 70.1 cm³/mol. The second-order valence-electron chi connectivity index (χ2n) is 3.35.